The number of methoxy groups -OCH3 is 1. The van der Waals surface area contributed by atoms with Gasteiger partial charge in [0.05, 0.1) is 13.2 Å². The Morgan fingerprint density at radius 2 is 1.91 bits per heavy atom. The minimum absolute atomic E-state index is 0.208. The van der Waals surface area contributed by atoms with Crippen molar-refractivity contribution in [2.45, 2.75) is 44.7 Å². The summed E-state index contributed by atoms with van der Waals surface area (Å²) >= 11 is 0. The van der Waals surface area contributed by atoms with Crippen molar-refractivity contribution >= 4 is 11.9 Å². The predicted molar refractivity (Wildman–Crippen MR) is 83.1 cm³/mol. The van der Waals surface area contributed by atoms with Crippen LogP contribution in [-0.2, 0) is 14.3 Å². The maximum atomic E-state index is 12.0. The Bertz CT molecular complexity index is 490. The molecule has 2 atom stereocenters. The summed E-state index contributed by atoms with van der Waals surface area (Å²) in [5, 5.41) is 5.57. The van der Waals surface area contributed by atoms with Crippen LogP contribution in [0.15, 0.2) is 35.5 Å². The highest BCUT2D eigenvalue weighted by Crippen LogP contribution is 2.21. The quantitative estimate of drug-likeness (QED) is 0.432. The summed E-state index contributed by atoms with van der Waals surface area (Å²) in [4.78, 5) is 34.8. The van der Waals surface area contributed by atoms with Gasteiger partial charge in [0.1, 0.15) is 0 Å². The van der Waals surface area contributed by atoms with Crippen LogP contribution in [0, 0.1) is 4.91 Å². The molecule has 0 saturated heterocycles. The number of benzene rings is 1. The van der Waals surface area contributed by atoms with Gasteiger partial charge in [-0.25, -0.2) is 4.79 Å². The van der Waals surface area contributed by atoms with Crippen molar-refractivity contribution in [2.75, 3.05) is 7.11 Å². The number of carbonyl (C=O) groups is 2. The van der Waals surface area contributed by atoms with Crippen LogP contribution in [0.2, 0.25) is 0 Å². The highest BCUT2D eigenvalue weighted by atomic mass is 16.5. The van der Waals surface area contributed by atoms with Crippen LogP contribution >= 0.6 is 0 Å². The molecule has 1 rings (SSSR count). The van der Waals surface area contributed by atoms with Gasteiger partial charge in [0, 0.05) is 6.42 Å². The lowest BCUT2D eigenvalue weighted by Crippen LogP contribution is -2.39. The molecule has 1 N–H and O–H groups in total. The summed E-state index contributed by atoms with van der Waals surface area (Å²) in [6.45, 7) is 2.05. The van der Waals surface area contributed by atoms with Crippen molar-refractivity contribution in [3.8, 4) is 0 Å². The number of ether oxygens (including phenoxy) is 1. The van der Waals surface area contributed by atoms with E-state index in [4.69, 9.17) is 0 Å². The highest BCUT2D eigenvalue weighted by Gasteiger charge is 2.32. The first-order valence-corrected chi connectivity index (χ1v) is 7.38. The molecule has 0 heterocycles. The first-order chi connectivity index (χ1) is 10.6. The van der Waals surface area contributed by atoms with E-state index in [1.165, 1.54) is 7.11 Å². The van der Waals surface area contributed by atoms with E-state index in [1.807, 2.05) is 13.0 Å². The average molecular weight is 306 g/mol. The van der Waals surface area contributed by atoms with E-state index in [1.54, 1.807) is 24.3 Å². The fourth-order valence-electron chi connectivity index (χ4n) is 2.15. The molecule has 6 nitrogen and oxygen atoms in total. The SMILES string of the molecule is CCCCCC(=O)NC(c1ccccc1)[C@@H](N=O)C(=O)OC. The number of hydrogen-bond acceptors (Lipinski definition) is 5. The van der Waals surface area contributed by atoms with Gasteiger partial charge in [-0.1, -0.05) is 55.3 Å². The molecule has 0 aliphatic carbocycles. The Kier molecular flexibility index (Phi) is 7.81. The molecule has 0 saturated carbocycles. The number of esters is 1. The second-order valence-electron chi connectivity index (χ2n) is 4.99. The first-order valence-electron chi connectivity index (χ1n) is 7.38. The third kappa shape index (κ3) is 5.27. The van der Waals surface area contributed by atoms with E-state index >= 15 is 0 Å². The van der Waals surface area contributed by atoms with Crippen molar-refractivity contribution in [3.05, 3.63) is 40.8 Å². The molecule has 120 valence electrons. The summed E-state index contributed by atoms with van der Waals surface area (Å²) < 4.78 is 4.60. The second kappa shape index (κ2) is 9.65. The minimum Gasteiger partial charge on any atom is -0.467 e. The smallest absolute Gasteiger partial charge is 0.336 e. The average Bonchev–Trinajstić information content (AvgIpc) is 2.55. The largest absolute Gasteiger partial charge is 0.467 e. The zero-order valence-corrected chi connectivity index (χ0v) is 13.0. The molecule has 1 amide bonds. The molecule has 0 fully saturated rings. The molecule has 22 heavy (non-hydrogen) atoms. The lowest BCUT2D eigenvalue weighted by atomic mass is 9.99. The standard InChI is InChI=1S/C16H22N2O4/c1-3-4-6-11-13(19)17-14(12-9-7-5-8-10-12)15(18-21)16(20)22-2/h5,7-10,14-15H,3-4,6,11H2,1-2H3,(H,17,19)/t14?,15-/m1/s1. The molecule has 0 aromatic heterocycles. The van der Waals surface area contributed by atoms with Gasteiger partial charge in [0.2, 0.25) is 11.9 Å². The maximum absolute atomic E-state index is 12.0. The number of unbranched alkanes of at least 4 members (excludes halogenated alkanes) is 2. The predicted octanol–water partition coefficient (Wildman–Crippen LogP) is 2.73. The van der Waals surface area contributed by atoms with E-state index in [0.717, 1.165) is 19.3 Å². The minimum atomic E-state index is -1.30. The van der Waals surface area contributed by atoms with Crippen LogP contribution in [0.3, 0.4) is 0 Å². The summed E-state index contributed by atoms with van der Waals surface area (Å²) in [5.74, 6) is -0.974. The third-order valence-corrected chi connectivity index (χ3v) is 3.35. The molecule has 0 aliphatic rings. The topological polar surface area (TPSA) is 84.8 Å². The Morgan fingerprint density at radius 1 is 1.23 bits per heavy atom. The Morgan fingerprint density at radius 3 is 2.45 bits per heavy atom. The highest BCUT2D eigenvalue weighted by molar-refractivity contribution is 5.81. The van der Waals surface area contributed by atoms with Crippen molar-refractivity contribution < 1.29 is 14.3 Å². The summed E-state index contributed by atoms with van der Waals surface area (Å²) in [5.41, 5.74) is 0.640. The number of rotatable bonds is 9. The normalized spacial score (nSPS) is 13.0. The van der Waals surface area contributed by atoms with Gasteiger partial charge >= 0.3 is 5.97 Å². The molecule has 1 aromatic rings. The van der Waals surface area contributed by atoms with Gasteiger partial charge < -0.3 is 10.1 Å². The number of amides is 1. The fraction of sp³-hybridized carbons (Fsp3) is 0.500. The lowest BCUT2D eigenvalue weighted by molar-refractivity contribution is -0.143. The summed E-state index contributed by atoms with van der Waals surface area (Å²) in [6.07, 6.45) is 3.08. The zero-order chi connectivity index (χ0) is 16.4. The first kappa shape index (κ1) is 17.8. The lowest BCUT2D eigenvalue weighted by Gasteiger charge is -2.22. The molecule has 1 aromatic carbocycles. The molecular weight excluding hydrogens is 284 g/mol. The van der Waals surface area contributed by atoms with E-state index in [0.29, 0.717) is 12.0 Å². The van der Waals surface area contributed by atoms with E-state index in [-0.39, 0.29) is 5.91 Å². The van der Waals surface area contributed by atoms with Crippen LogP contribution in [0.1, 0.15) is 44.2 Å². The molecule has 1 unspecified atom stereocenters. The molecule has 6 heteroatoms. The fourth-order valence-corrected chi connectivity index (χ4v) is 2.15. The number of hydrogen-bond donors (Lipinski definition) is 1. The van der Waals surface area contributed by atoms with Crippen molar-refractivity contribution in [3.63, 3.8) is 0 Å². The van der Waals surface area contributed by atoms with Crippen molar-refractivity contribution in [1.82, 2.24) is 5.32 Å². The molecule has 0 spiro atoms. The van der Waals surface area contributed by atoms with Gasteiger partial charge in [0.15, 0.2) is 0 Å². The van der Waals surface area contributed by atoms with Crippen molar-refractivity contribution in [1.29, 1.82) is 0 Å². The van der Waals surface area contributed by atoms with Crippen LogP contribution in [0.25, 0.3) is 0 Å². The van der Waals surface area contributed by atoms with Crippen LogP contribution < -0.4 is 5.32 Å². The molecule has 0 radical (unpaired) electrons. The summed E-state index contributed by atoms with van der Waals surface area (Å²) in [6, 6.07) is 6.69. The maximum Gasteiger partial charge on any atom is 0.336 e. The zero-order valence-electron chi connectivity index (χ0n) is 13.0. The Balaban J connectivity index is 2.89. The van der Waals surface area contributed by atoms with Gasteiger partial charge in [-0.3, -0.25) is 4.79 Å². The van der Waals surface area contributed by atoms with E-state index in [2.05, 4.69) is 15.2 Å². The van der Waals surface area contributed by atoms with Gasteiger partial charge in [-0.2, -0.15) is 0 Å². The van der Waals surface area contributed by atoms with Gasteiger partial charge in [0.25, 0.3) is 0 Å². The molecular formula is C16H22N2O4. The monoisotopic (exact) mass is 306 g/mol. The number of nitrogens with zero attached hydrogens (tertiary/aromatic N) is 1. The molecule has 0 bridgehead atoms. The van der Waals surface area contributed by atoms with Gasteiger partial charge in [-0.15, -0.1) is 4.91 Å². The second-order valence-corrected chi connectivity index (χ2v) is 4.99. The van der Waals surface area contributed by atoms with E-state index < -0.39 is 18.1 Å². The van der Waals surface area contributed by atoms with Gasteiger partial charge in [-0.05, 0) is 12.0 Å². The Labute approximate surface area is 130 Å². The van der Waals surface area contributed by atoms with Crippen LogP contribution in [0.4, 0.5) is 0 Å². The van der Waals surface area contributed by atoms with Crippen molar-refractivity contribution in [2.24, 2.45) is 5.18 Å². The number of carbonyl (C=O) groups excluding carboxylic acids is 2. The Hall–Kier alpha value is -2.24. The number of nitrogens with one attached hydrogen (secondary N) is 1. The summed E-state index contributed by atoms with van der Waals surface area (Å²) in [7, 11) is 1.19. The van der Waals surface area contributed by atoms with Crippen LogP contribution in [0.5, 0.6) is 0 Å². The van der Waals surface area contributed by atoms with Crippen LogP contribution in [-0.4, -0.2) is 25.0 Å². The molecule has 0 aliphatic heterocycles. The third-order valence-electron chi connectivity index (χ3n) is 3.35. The van der Waals surface area contributed by atoms with E-state index in [9.17, 15) is 14.5 Å². The number of nitroso groups, excluding NO2 is 1.